The Balaban J connectivity index is 1.55. The van der Waals surface area contributed by atoms with Crippen LogP contribution in [0, 0.1) is 0 Å². The molecule has 144 valence electrons. The lowest BCUT2D eigenvalue weighted by atomic mass is 9.93. The molecule has 2 heterocycles. The monoisotopic (exact) mass is 402 g/mol. The van der Waals surface area contributed by atoms with Gasteiger partial charge >= 0.3 is 6.18 Å². The first-order valence-electron chi connectivity index (χ1n) is 8.53. The summed E-state index contributed by atoms with van der Waals surface area (Å²) in [5, 5.41) is 1.50. The smallest absolute Gasteiger partial charge is 0.345 e. The maximum atomic E-state index is 12.8. The fraction of sp³-hybridized carbons (Fsp3) is 0.150. The molecule has 0 spiro atoms. The summed E-state index contributed by atoms with van der Waals surface area (Å²) in [6.07, 6.45) is -2.71. The largest absolute Gasteiger partial charge is 0.425 e. The zero-order chi connectivity index (χ0) is 19.9. The van der Waals surface area contributed by atoms with Crippen LogP contribution < -0.4 is 11.5 Å². The molecule has 0 aliphatic heterocycles. The first-order valence-corrected chi connectivity index (χ1v) is 9.41. The maximum absolute atomic E-state index is 12.8. The third-order valence-corrected chi connectivity index (χ3v) is 5.70. The number of imidazole rings is 1. The van der Waals surface area contributed by atoms with Crippen LogP contribution in [0.2, 0.25) is 0 Å². The topological polar surface area (TPSA) is 80.7 Å². The highest BCUT2D eigenvalue weighted by Gasteiger charge is 2.32. The number of hydrogen-bond donors (Lipinski definition) is 3. The second-order valence-corrected chi connectivity index (χ2v) is 7.46. The second-order valence-electron chi connectivity index (χ2n) is 6.55. The maximum Gasteiger partial charge on any atom is 0.425 e. The zero-order valence-electron chi connectivity index (χ0n) is 14.6. The number of nitrogens with one attached hydrogen (secondary N) is 1. The van der Waals surface area contributed by atoms with Gasteiger partial charge in [-0.05, 0) is 45.8 Å². The predicted octanol–water partition coefficient (Wildman–Crippen LogP) is 5.01. The van der Waals surface area contributed by atoms with Crippen LogP contribution in [0.1, 0.15) is 28.1 Å². The van der Waals surface area contributed by atoms with Crippen molar-refractivity contribution in [3.8, 4) is 11.1 Å². The highest BCUT2D eigenvalue weighted by molar-refractivity contribution is 7.10. The van der Waals surface area contributed by atoms with Crippen molar-refractivity contribution in [2.75, 3.05) is 0 Å². The van der Waals surface area contributed by atoms with Gasteiger partial charge in [0, 0.05) is 12.1 Å². The van der Waals surface area contributed by atoms with E-state index in [2.05, 4.69) is 9.97 Å². The molecular formula is C20H17F3N4S. The molecule has 2 aromatic heterocycles. The highest BCUT2D eigenvalue weighted by Crippen LogP contribution is 2.37. The number of benzene rings is 2. The van der Waals surface area contributed by atoms with Crippen LogP contribution in [0.3, 0.4) is 0 Å². The Bertz CT molecular complexity index is 1100. The molecule has 0 saturated carbocycles. The van der Waals surface area contributed by atoms with E-state index in [-0.39, 0.29) is 0 Å². The van der Waals surface area contributed by atoms with E-state index in [4.69, 9.17) is 11.5 Å². The van der Waals surface area contributed by atoms with Crippen LogP contribution in [0.15, 0.2) is 60.2 Å². The number of H-pyrrole nitrogens is 1. The lowest BCUT2D eigenvalue weighted by Gasteiger charge is -2.21. The van der Waals surface area contributed by atoms with E-state index < -0.39 is 23.1 Å². The molecule has 4 rings (SSSR count). The molecule has 0 saturated heterocycles. The molecule has 0 aliphatic carbocycles. The number of aromatic nitrogens is 2. The van der Waals surface area contributed by atoms with Gasteiger partial charge in [-0.2, -0.15) is 13.2 Å². The molecule has 28 heavy (non-hydrogen) atoms. The molecule has 5 N–H and O–H groups in total. The number of aromatic amines is 1. The SMILES string of the molecule is NC(c1ccc(-c2csc(C(F)(F)F)c2)cc1)C(N)c1ccc2nc[nH]c2c1. The first kappa shape index (κ1) is 18.7. The zero-order valence-corrected chi connectivity index (χ0v) is 15.4. The standard InChI is InChI=1S/C20H17F3N4S/c21-20(22,23)17-8-14(9-28-17)11-1-3-12(4-2-11)18(24)19(25)13-5-6-15-16(7-13)27-10-26-15/h1-10,18-19H,24-25H2,(H,26,27). The molecule has 0 fully saturated rings. The average molecular weight is 402 g/mol. The van der Waals surface area contributed by atoms with Crippen LogP contribution in [-0.4, -0.2) is 9.97 Å². The summed E-state index contributed by atoms with van der Waals surface area (Å²) in [4.78, 5) is 6.61. The van der Waals surface area contributed by atoms with Crippen LogP contribution in [-0.2, 0) is 6.18 Å². The minimum atomic E-state index is -4.33. The fourth-order valence-electron chi connectivity index (χ4n) is 3.11. The van der Waals surface area contributed by atoms with Crippen molar-refractivity contribution >= 4 is 22.4 Å². The van der Waals surface area contributed by atoms with Gasteiger partial charge in [-0.3, -0.25) is 0 Å². The molecule has 4 aromatic rings. The molecule has 0 amide bonds. The molecule has 0 aliphatic rings. The van der Waals surface area contributed by atoms with Gasteiger partial charge in [0.2, 0.25) is 0 Å². The Morgan fingerprint density at radius 2 is 1.57 bits per heavy atom. The van der Waals surface area contributed by atoms with E-state index in [9.17, 15) is 13.2 Å². The molecule has 2 aromatic carbocycles. The van der Waals surface area contributed by atoms with Gasteiger partial charge in [0.15, 0.2) is 0 Å². The molecule has 0 bridgehead atoms. The molecule has 2 unspecified atom stereocenters. The van der Waals surface area contributed by atoms with Crippen molar-refractivity contribution in [2.45, 2.75) is 18.3 Å². The van der Waals surface area contributed by atoms with Gasteiger partial charge < -0.3 is 16.5 Å². The Hall–Kier alpha value is -2.68. The number of hydrogen-bond acceptors (Lipinski definition) is 4. The molecule has 8 heteroatoms. The third kappa shape index (κ3) is 3.54. The van der Waals surface area contributed by atoms with Crippen molar-refractivity contribution in [3.05, 3.63) is 76.2 Å². The van der Waals surface area contributed by atoms with E-state index in [0.29, 0.717) is 22.5 Å². The molecule has 4 nitrogen and oxygen atoms in total. The van der Waals surface area contributed by atoms with Gasteiger partial charge in [0.1, 0.15) is 4.88 Å². The summed E-state index contributed by atoms with van der Waals surface area (Å²) in [5.41, 5.74) is 17.3. The predicted molar refractivity (Wildman–Crippen MR) is 105 cm³/mol. The second kappa shape index (κ2) is 7.05. The number of alkyl halides is 3. The van der Waals surface area contributed by atoms with E-state index in [0.717, 1.165) is 28.2 Å². The number of halogens is 3. The van der Waals surface area contributed by atoms with Crippen LogP contribution in [0.25, 0.3) is 22.2 Å². The van der Waals surface area contributed by atoms with E-state index >= 15 is 0 Å². The average Bonchev–Trinajstić information content (AvgIpc) is 3.35. The highest BCUT2D eigenvalue weighted by atomic mass is 32.1. The lowest BCUT2D eigenvalue weighted by Crippen LogP contribution is -2.26. The van der Waals surface area contributed by atoms with Crippen molar-refractivity contribution in [3.63, 3.8) is 0 Å². The summed E-state index contributed by atoms with van der Waals surface area (Å²) in [6, 6.07) is 13.1. The Morgan fingerprint density at radius 3 is 2.25 bits per heavy atom. The van der Waals surface area contributed by atoms with Crippen molar-refractivity contribution in [2.24, 2.45) is 11.5 Å². The Morgan fingerprint density at radius 1 is 0.893 bits per heavy atom. The number of fused-ring (bicyclic) bond motifs is 1. The summed E-state index contributed by atoms with van der Waals surface area (Å²) in [5.74, 6) is 0. The van der Waals surface area contributed by atoms with Crippen molar-refractivity contribution in [1.82, 2.24) is 9.97 Å². The summed E-state index contributed by atoms with van der Waals surface area (Å²) in [7, 11) is 0. The van der Waals surface area contributed by atoms with Gasteiger partial charge in [-0.25, -0.2) is 4.98 Å². The van der Waals surface area contributed by atoms with E-state index in [1.165, 1.54) is 5.38 Å². The fourth-order valence-corrected chi connectivity index (χ4v) is 3.90. The summed E-state index contributed by atoms with van der Waals surface area (Å²) >= 11 is 0.688. The quantitative estimate of drug-likeness (QED) is 0.449. The van der Waals surface area contributed by atoms with Gasteiger partial charge in [0.25, 0.3) is 0 Å². The Kier molecular flexibility index (Phi) is 4.70. The first-order chi connectivity index (χ1) is 13.3. The van der Waals surface area contributed by atoms with Crippen LogP contribution in [0.4, 0.5) is 13.2 Å². The van der Waals surface area contributed by atoms with Gasteiger partial charge in [-0.1, -0.05) is 30.3 Å². The number of thiophene rings is 1. The van der Waals surface area contributed by atoms with Crippen LogP contribution in [0.5, 0.6) is 0 Å². The van der Waals surface area contributed by atoms with Gasteiger partial charge in [0.05, 0.1) is 17.4 Å². The van der Waals surface area contributed by atoms with Crippen molar-refractivity contribution in [1.29, 1.82) is 0 Å². The number of nitrogens with zero attached hydrogens (tertiary/aromatic N) is 1. The Labute approximate surface area is 163 Å². The third-order valence-electron chi connectivity index (χ3n) is 4.72. The van der Waals surface area contributed by atoms with Crippen LogP contribution >= 0.6 is 11.3 Å². The minimum Gasteiger partial charge on any atom is -0.345 e. The normalized spacial score (nSPS) is 14.3. The van der Waals surface area contributed by atoms with Gasteiger partial charge in [-0.15, -0.1) is 11.3 Å². The molecule has 0 radical (unpaired) electrons. The minimum absolute atomic E-state index is 0.434. The lowest BCUT2D eigenvalue weighted by molar-refractivity contribution is -0.134. The molecule has 2 atom stereocenters. The molecular weight excluding hydrogens is 385 g/mol. The summed E-state index contributed by atoms with van der Waals surface area (Å²) < 4.78 is 38.4. The van der Waals surface area contributed by atoms with Crippen molar-refractivity contribution < 1.29 is 13.2 Å². The van der Waals surface area contributed by atoms with E-state index in [1.54, 1.807) is 30.6 Å². The van der Waals surface area contributed by atoms with E-state index in [1.807, 2.05) is 18.2 Å². The number of rotatable bonds is 4. The summed E-state index contributed by atoms with van der Waals surface area (Å²) in [6.45, 7) is 0. The number of nitrogens with two attached hydrogens (primary N) is 2.